The summed E-state index contributed by atoms with van der Waals surface area (Å²) in [5, 5.41) is 14.9. The van der Waals surface area contributed by atoms with E-state index < -0.39 is 0 Å². The highest BCUT2D eigenvalue weighted by molar-refractivity contribution is 5.97. The molecule has 110 valence electrons. The van der Waals surface area contributed by atoms with Gasteiger partial charge in [-0.3, -0.25) is 0 Å². The third kappa shape index (κ3) is 3.51. The Bertz CT molecular complexity index is 683. The fraction of sp³-hybridized carbons (Fsp3) is 0.188. The van der Waals surface area contributed by atoms with Crippen molar-refractivity contribution < 1.29 is 9.60 Å². The Morgan fingerprint density at radius 3 is 2.57 bits per heavy atom. The topological polar surface area (TPSA) is 70.6 Å². The molecule has 0 aliphatic carbocycles. The number of oxime groups is 1. The molecule has 0 aromatic heterocycles. The lowest BCUT2D eigenvalue weighted by Crippen LogP contribution is -2.13. The van der Waals surface area contributed by atoms with Gasteiger partial charge < -0.3 is 16.3 Å². The van der Waals surface area contributed by atoms with Gasteiger partial charge in [-0.25, -0.2) is 4.39 Å². The summed E-state index contributed by atoms with van der Waals surface area (Å²) >= 11 is 0. The summed E-state index contributed by atoms with van der Waals surface area (Å²) in [4.78, 5) is 0. The van der Waals surface area contributed by atoms with E-state index in [0.717, 1.165) is 16.8 Å². The number of hydrogen-bond acceptors (Lipinski definition) is 3. The maximum atomic E-state index is 13.2. The van der Waals surface area contributed by atoms with Crippen molar-refractivity contribution in [2.24, 2.45) is 10.9 Å². The van der Waals surface area contributed by atoms with E-state index in [-0.39, 0.29) is 11.7 Å². The van der Waals surface area contributed by atoms with Gasteiger partial charge in [0.25, 0.3) is 0 Å². The van der Waals surface area contributed by atoms with Crippen LogP contribution in [0.5, 0.6) is 0 Å². The largest absolute Gasteiger partial charge is 0.409 e. The van der Waals surface area contributed by atoms with Crippen molar-refractivity contribution in [3.8, 4) is 0 Å². The van der Waals surface area contributed by atoms with E-state index in [2.05, 4.69) is 10.5 Å². The second-order valence-electron chi connectivity index (χ2n) is 4.94. The first-order chi connectivity index (χ1) is 10.0. The molecule has 2 aromatic rings. The quantitative estimate of drug-likeness (QED) is 0.350. The van der Waals surface area contributed by atoms with E-state index in [9.17, 15) is 4.39 Å². The van der Waals surface area contributed by atoms with Gasteiger partial charge >= 0.3 is 0 Å². The molecule has 0 saturated carbocycles. The van der Waals surface area contributed by atoms with E-state index in [4.69, 9.17) is 10.9 Å². The predicted octanol–water partition coefficient (Wildman–Crippen LogP) is 3.15. The first kappa shape index (κ1) is 14.8. The minimum absolute atomic E-state index is 0.0896. The number of nitrogens with two attached hydrogens (primary N) is 1. The van der Waals surface area contributed by atoms with E-state index in [1.54, 1.807) is 25.1 Å². The number of nitrogens with one attached hydrogen (secondary N) is 1. The summed E-state index contributed by atoms with van der Waals surface area (Å²) in [5.74, 6) is -0.119. The molecule has 0 radical (unpaired) electrons. The van der Waals surface area contributed by atoms with Crippen LogP contribution in [0.3, 0.4) is 0 Å². The number of rotatable bonds is 4. The molecule has 0 fully saturated rings. The Kier molecular flexibility index (Phi) is 4.42. The molecule has 0 unspecified atom stereocenters. The van der Waals surface area contributed by atoms with Crippen LogP contribution in [0.2, 0.25) is 0 Å². The minimum atomic E-state index is -0.208. The molecule has 0 amide bonds. The summed E-state index contributed by atoms with van der Waals surface area (Å²) in [6.45, 7) is 4.31. The van der Waals surface area contributed by atoms with E-state index >= 15 is 0 Å². The molecule has 0 heterocycles. The Hall–Kier alpha value is -2.56. The normalized spacial score (nSPS) is 11.5. The summed E-state index contributed by atoms with van der Waals surface area (Å²) in [5.41, 5.74) is 9.84. The van der Waals surface area contributed by atoms with Gasteiger partial charge in [0.15, 0.2) is 5.84 Å². The number of hydrogen-bond donors (Lipinski definition) is 3. The highest BCUT2D eigenvalue weighted by Crippen LogP contribution is 2.17. The van der Waals surface area contributed by atoms with Gasteiger partial charge in [-0.05, 0) is 54.8 Å². The first-order valence-corrected chi connectivity index (χ1v) is 6.58. The Morgan fingerprint density at radius 1 is 1.19 bits per heavy atom. The smallest absolute Gasteiger partial charge is 0.170 e. The molecular formula is C16H18FN3O. The van der Waals surface area contributed by atoms with Crippen molar-refractivity contribution in [2.45, 2.75) is 20.4 Å². The summed E-state index contributed by atoms with van der Waals surface area (Å²) in [7, 11) is 0. The summed E-state index contributed by atoms with van der Waals surface area (Å²) in [6.07, 6.45) is 0. The average Bonchev–Trinajstić information content (AvgIpc) is 2.48. The average molecular weight is 287 g/mol. The van der Waals surface area contributed by atoms with E-state index in [1.807, 2.05) is 19.1 Å². The fourth-order valence-corrected chi connectivity index (χ4v) is 2.06. The van der Waals surface area contributed by atoms with Crippen molar-refractivity contribution >= 4 is 11.5 Å². The molecule has 21 heavy (non-hydrogen) atoms. The van der Waals surface area contributed by atoms with E-state index in [1.165, 1.54) is 6.07 Å². The molecule has 2 rings (SSSR count). The zero-order valence-electron chi connectivity index (χ0n) is 12.0. The van der Waals surface area contributed by atoms with Crippen molar-refractivity contribution in [1.29, 1.82) is 0 Å². The number of nitrogens with zero attached hydrogens (tertiary/aromatic N) is 1. The SMILES string of the molecule is Cc1cc(NCc2ccc(/C(N)=N/O)cc2C)ccc1F. The van der Waals surface area contributed by atoms with Crippen molar-refractivity contribution in [3.05, 3.63) is 64.5 Å². The molecule has 0 bridgehead atoms. The molecule has 4 nitrogen and oxygen atoms in total. The first-order valence-electron chi connectivity index (χ1n) is 6.58. The number of amidine groups is 1. The Morgan fingerprint density at radius 2 is 1.95 bits per heavy atom. The van der Waals surface area contributed by atoms with Gasteiger partial charge in [0.2, 0.25) is 0 Å². The molecule has 0 aliphatic heterocycles. The standard InChI is InChI=1S/C16H18FN3O/c1-10-7-12(16(18)20-21)3-4-13(10)9-19-14-5-6-15(17)11(2)8-14/h3-8,19,21H,9H2,1-2H3,(H2,18,20). The molecule has 4 N–H and O–H groups in total. The zero-order valence-corrected chi connectivity index (χ0v) is 12.0. The van der Waals surface area contributed by atoms with Crippen LogP contribution in [0.25, 0.3) is 0 Å². The van der Waals surface area contributed by atoms with Crippen LogP contribution in [-0.2, 0) is 6.54 Å². The lowest BCUT2D eigenvalue weighted by molar-refractivity contribution is 0.318. The van der Waals surface area contributed by atoms with Gasteiger partial charge in [-0.2, -0.15) is 0 Å². The Balaban J connectivity index is 2.11. The molecule has 0 aliphatic rings. The van der Waals surface area contributed by atoms with Crippen LogP contribution in [-0.4, -0.2) is 11.0 Å². The monoisotopic (exact) mass is 287 g/mol. The van der Waals surface area contributed by atoms with Gasteiger partial charge in [-0.15, -0.1) is 0 Å². The minimum Gasteiger partial charge on any atom is -0.409 e. The van der Waals surface area contributed by atoms with Gasteiger partial charge in [0.05, 0.1) is 0 Å². The van der Waals surface area contributed by atoms with Crippen LogP contribution in [0.1, 0.15) is 22.3 Å². The summed E-state index contributed by atoms with van der Waals surface area (Å²) < 4.78 is 13.2. The molecule has 0 saturated heterocycles. The zero-order chi connectivity index (χ0) is 15.4. The van der Waals surface area contributed by atoms with Gasteiger partial charge in [0, 0.05) is 17.8 Å². The fourth-order valence-electron chi connectivity index (χ4n) is 2.06. The third-order valence-corrected chi connectivity index (χ3v) is 3.39. The number of aryl methyl sites for hydroxylation is 2. The van der Waals surface area contributed by atoms with E-state index in [0.29, 0.717) is 17.7 Å². The molecule has 0 spiro atoms. The van der Waals surface area contributed by atoms with Gasteiger partial charge in [0.1, 0.15) is 5.82 Å². The van der Waals surface area contributed by atoms with Crippen molar-refractivity contribution in [2.75, 3.05) is 5.32 Å². The number of benzene rings is 2. The number of anilines is 1. The van der Waals surface area contributed by atoms with Crippen LogP contribution in [0.4, 0.5) is 10.1 Å². The summed E-state index contributed by atoms with van der Waals surface area (Å²) in [6, 6.07) is 10.5. The highest BCUT2D eigenvalue weighted by Gasteiger charge is 2.04. The Labute approximate surface area is 123 Å². The van der Waals surface area contributed by atoms with Crippen molar-refractivity contribution in [1.82, 2.24) is 0 Å². The highest BCUT2D eigenvalue weighted by atomic mass is 19.1. The van der Waals surface area contributed by atoms with Crippen LogP contribution < -0.4 is 11.1 Å². The van der Waals surface area contributed by atoms with Crippen molar-refractivity contribution in [3.63, 3.8) is 0 Å². The predicted molar refractivity (Wildman–Crippen MR) is 82.2 cm³/mol. The number of halogens is 1. The maximum absolute atomic E-state index is 13.2. The van der Waals surface area contributed by atoms with Crippen LogP contribution in [0, 0.1) is 19.7 Å². The van der Waals surface area contributed by atoms with Gasteiger partial charge in [-0.1, -0.05) is 17.3 Å². The molecule has 0 atom stereocenters. The lowest BCUT2D eigenvalue weighted by Gasteiger charge is -2.11. The lowest BCUT2D eigenvalue weighted by atomic mass is 10.0. The third-order valence-electron chi connectivity index (χ3n) is 3.39. The molecule has 5 heteroatoms. The second-order valence-corrected chi connectivity index (χ2v) is 4.94. The molecular weight excluding hydrogens is 269 g/mol. The van der Waals surface area contributed by atoms with Crippen LogP contribution >= 0.6 is 0 Å². The molecule has 2 aromatic carbocycles. The second kappa shape index (κ2) is 6.26. The van der Waals surface area contributed by atoms with Crippen LogP contribution in [0.15, 0.2) is 41.6 Å². The maximum Gasteiger partial charge on any atom is 0.170 e.